The van der Waals surface area contributed by atoms with Crippen molar-refractivity contribution in [3.05, 3.63) is 70.6 Å². The predicted molar refractivity (Wildman–Crippen MR) is 87.6 cm³/mol. The van der Waals surface area contributed by atoms with E-state index in [2.05, 4.69) is 0 Å². The summed E-state index contributed by atoms with van der Waals surface area (Å²) in [6, 6.07) is 16.9. The molecule has 0 saturated carbocycles. The standard InChI is InChI=1S/C18H12O3S/c19-17-12-6-2-3-7-14(12)21-10-13(17)18(20)16-9-11-5-1-4-8-15(11)22-16/h1-9,19H,10H2. The van der Waals surface area contributed by atoms with E-state index in [9.17, 15) is 9.90 Å². The Morgan fingerprint density at radius 3 is 2.73 bits per heavy atom. The van der Waals surface area contributed by atoms with E-state index in [1.807, 2.05) is 42.5 Å². The highest BCUT2D eigenvalue weighted by Crippen LogP contribution is 2.34. The van der Waals surface area contributed by atoms with Crippen molar-refractivity contribution in [2.24, 2.45) is 0 Å². The first-order valence-corrected chi connectivity index (χ1v) is 7.73. The molecule has 0 saturated heterocycles. The van der Waals surface area contributed by atoms with Crippen molar-refractivity contribution in [2.75, 3.05) is 6.61 Å². The van der Waals surface area contributed by atoms with Crippen LogP contribution in [0, 0.1) is 0 Å². The number of aliphatic hydroxyl groups excluding tert-OH is 1. The first-order valence-electron chi connectivity index (χ1n) is 6.91. The molecule has 108 valence electrons. The summed E-state index contributed by atoms with van der Waals surface area (Å²) >= 11 is 1.43. The van der Waals surface area contributed by atoms with E-state index < -0.39 is 0 Å². The van der Waals surface area contributed by atoms with Crippen LogP contribution in [0.1, 0.15) is 15.2 Å². The van der Waals surface area contributed by atoms with Crippen molar-refractivity contribution in [1.29, 1.82) is 0 Å². The van der Waals surface area contributed by atoms with Gasteiger partial charge in [0.05, 0.1) is 16.0 Å². The number of Topliss-reactive ketones (excluding diaryl/α,β-unsaturated/α-hetero) is 1. The van der Waals surface area contributed by atoms with E-state index in [1.165, 1.54) is 11.3 Å². The molecular formula is C18H12O3S. The smallest absolute Gasteiger partial charge is 0.206 e. The Bertz CT molecular complexity index is 888. The van der Waals surface area contributed by atoms with Crippen LogP contribution in [0.5, 0.6) is 5.75 Å². The number of benzene rings is 2. The Balaban J connectivity index is 1.80. The van der Waals surface area contributed by atoms with Crippen LogP contribution in [0.25, 0.3) is 15.8 Å². The molecule has 1 N–H and O–H groups in total. The van der Waals surface area contributed by atoms with Gasteiger partial charge in [0.1, 0.15) is 18.1 Å². The molecule has 0 radical (unpaired) electrons. The maximum atomic E-state index is 12.7. The topological polar surface area (TPSA) is 46.5 Å². The Morgan fingerprint density at radius 2 is 1.86 bits per heavy atom. The van der Waals surface area contributed by atoms with Crippen molar-refractivity contribution in [1.82, 2.24) is 0 Å². The summed E-state index contributed by atoms with van der Waals surface area (Å²) in [4.78, 5) is 13.3. The molecule has 3 nitrogen and oxygen atoms in total. The third kappa shape index (κ3) is 2.00. The molecular weight excluding hydrogens is 296 g/mol. The molecule has 4 rings (SSSR count). The molecule has 0 aliphatic carbocycles. The number of fused-ring (bicyclic) bond motifs is 2. The summed E-state index contributed by atoms with van der Waals surface area (Å²) in [5.41, 5.74) is 0.878. The molecule has 0 bridgehead atoms. The summed E-state index contributed by atoms with van der Waals surface area (Å²) in [7, 11) is 0. The van der Waals surface area contributed by atoms with Gasteiger partial charge in [0, 0.05) is 4.70 Å². The highest BCUT2D eigenvalue weighted by Gasteiger charge is 2.26. The predicted octanol–water partition coefficient (Wildman–Crippen LogP) is 4.45. The number of hydrogen-bond acceptors (Lipinski definition) is 4. The fourth-order valence-corrected chi connectivity index (χ4v) is 3.61. The third-order valence-corrected chi connectivity index (χ3v) is 4.84. The molecule has 2 aromatic carbocycles. The van der Waals surface area contributed by atoms with Crippen molar-refractivity contribution < 1.29 is 14.6 Å². The molecule has 22 heavy (non-hydrogen) atoms. The summed E-state index contributed by atoms with van der Waals surface area (Å²) in [5.74, 6) is 0.449. The second kappa shape index (κ2) is 5.00. The largest absolute Gasteiger partial charge is 0.507 e. The molecule has 2 heterocycles. The van der Waals surface area contributed by atoms with Crippen LogP contribution in [0.4, 0.5) is 0 Å². The second-order valence-electron chi connectivity index (χ2n) is 5.09. The van der Waals surface area contributed by atoms with Crippen LogP contribution in [0.2, 0.25) is 0 Å². The van der Waals surface area contributed by atoms with Crippen LogP contribution in [0.3, 0.4) is 0 Å². The van der Waals surface area contributed by atoms with Crippen molar-refractivity contribution in [2.45, 2.75) is 0 Å². The fourth-order valence-electron chi connectivity index (χ4n) is 2.58. The van der Waals surface area contributed by atoms with E-state index in [1.54, 1.807) is 12.1 Å². The third-order valence-electron chi connectivity index (χ3n) is 3.72. The van der Waals surface area contributed by atoms with Gasteiger partial charge in [0.15, 0.2) is 0 Å². The van der Waals surface area contributed by atoms with Gasteiger partial charge in [0.2, 0.25) is 5.78 Å². The SMILES string of the molecule is O=C(C1=C(O)c2ccccc2OC1)c1cc2ccccc2s1. The van der Waals surface area contributed by atoms with Gasteiger partial charge in [-0.15, -0.1) is 11.3 Å². The van der Waals surface area contributed by atoms with Gasteiger partial charge in [0.25, 0.3) is 0 Å². The molecule has 0 spiro atoms. The van der Waals surface area contributed by atoms with Crippen LogP contribution in [0.15, 0.2) is 60.2 Å². The monoisotopic (exact) mass is 308 g/mol. The maximum absolute atomic E-state index is 12.7. The summed E-state index contributed by atoms with van der Waals surface area (Å²) in [6.45, 7) is 0.0932. The van der Waals surface area contributed by atoms with Gasteiger partial charge in [-0.25, -0.2) is 0 Å². The lowest BCUT2D eigenvalue weighted by atomic mass is 10.0. The Morgan fingerprint density at radius 1 is 1.09 bits per heavy atom. The van der Waals surface area contributed by atoms with Crippen molar-refractivity contribution in [3.8, 4) is 5.75 Å². The number of ether oxygens (including phenoxy) is 1. The quantitative estimate of drug-likeness (QED) is 0.712. The van der Waals surface area contributed by atoms with E-state index in [-0.39, 0.29) is 18.1 Å². The number of aliphatic hydroxyl groups is 1. The molecule has 1 aromatic heterocycles. The van der Waals surface area contributed by atoms with Gasteiger partial charge >= 0.3 is 0 Å². The minimum Gasteiger partial charge on any atom is -0.507 e. The van der Waals surface area contributed by atoms with Crippen LogP contribution in [-0.2, 0) is 0 Å². The second-order valence-corrected chi connectivity index (χ2v) is 6.17. The Kier molecular flexibility index (Phi) is 2.98. The average molecular weight is 308 g/mol. The number of rotatable bonds is 2. The zero-order valence-electron chi connectivity index (χ0n) is 11.6. The first kappa shape index (κ1) is 13.1. The molecule has 1 aliphatic rings. The Hall–Kier alpha value is -2.59. The first-order chi connectivity index (χ1) is 10.7. The molecule has 0 amide bonds. The van der Waals surface area contributed by atoms with Gasteiger partial charge in [-0.05, 0) is 29.7 Å². The lowest BCUT2D eigenvalue weighted by Gasteiger charge is -2.19. The van der Waals surface area contributed by atoms with Gasteiger partial charge in [-0.2, -0.15) is 0 Å². The van der Waals surface area contributed by atoms with Crippen LogP contribution in [-0.4, -0.2) is 17.5 Å². The van der Waals surface area contributed by atoms with E-state index in [0.717, 1.165) is 10.1 Å². The van der Waals surface area contributed by atoms with Crippen molar-refractivity contribution in [3.63, 3.8) is 0 Å². The number of para-hydroxylation sites is 1. The van der Waals surface area contributed by atoms with Crippen LogP contribution < -0.4 is 4.74 Å². The van der Waals surface area contributed by atoms with Gasteiger partial charge < -0.3 is 9.84 Å². The molecule has 3 aromatic rings. The van der Waals surface area contributed by atoms with E-state index in [0.29, 0.717) is 21.8 Å². The summed E-state index contributed by atoms with van der Waals surface area (Å²) < 4.78 is 6.65. The number of thiophene rings is 1. The average Bonchev–Trinajstić information content (AvgIpc) is 2.99. The highest BCUT2D eigenvalue weighted by atomic mass is 32.1. The van der Waals surface area contributed by atoms with Gasteiger partial charge in [-0.3, -0.25) is 4.79 Å². The minimum atomic E-state index is -0.173. The number of carbonyl (C=O) groups excluding carboxylic acids is 1. The molecule has 0 unspecified atom stereocenters. The zero-order chi connectivity index (χ0) is 15.1. The normalized spacial score (nSPS) is 13.8. The van der Waals surface area contributed by atoms with E-state index in [4.69, 9.17) is 4.74 Å². The molecule has 1 aliphatic heterocycles. The molecule has 0 fully saturated rings. The lowest BCUT2D eigenvalue weighted by molar-refractivity contribution is 0.102. The molecule has 0 atom stereocenters. The zero-order valence-corrected chi connectivity index (χ0v) is 12.4. The number of hydrogen-bond donors (Lipinski definition) is 1. The van der Waals surface area contributed by atoms with Crippen molar-refractivity contribution >= 4 is 33.0 Å². The summed E-state index contributed by atoms with van der Waals surface area (Å²) in [5, 5.41) is 11.4. The number of ketones is 1. The number of carbonyl (C=O) groups is 1. The highest BCUT2D eigenvalue weighted by molar-refractivity contribution is 7.21. The Labute approximate surface area is 131 Å². The minimum absolute atomic E-state index is 0.0179. The summed E-state index contributed by atoms with van der Waals surface area (Å²) in [6.07, 6.45) is 0. The maximum Gasteiger partial charge on any atom is 0.206 e. The fraction of sp³-hybridized carbons (Fsp3) is 0.0556. The van der Waals surface area contributed by atoms with Gasteiger partial charge in [-0.1, -0.05) is 30.3 Å². The molecule has 4 heteroatoms. The van der Waals surface area contributed by atoms with Crippen LogP contribution >= 0.6 is 11.3 Å². The lowest BCUT2D eigenvalue weighted by Crippen LogP contribution is -2.17. The van der Waals surface area contributed by atoms with E-state index >= 15 is 0 Å².